The van der Waals surface area contributed by atoms with Gasteiger partial charge in [-0.15, -0.1) is 0 Å². The van der Waals surface area contributed by atoms with Crippen molar-refractivity contribution in [2.24, 2.45) is 5.73 Å². The van der Waals surface area contributed by atoms with Crippen molar-refractivity contribution in [2.75, 3.05) is 11.1 Å². The Morgan fingerprint density at radius 3 is 2.88 bits per heavy atom. The number of nitrogens with two attached hydrogens (primary N) is 2. The molecule has 88 valence electrons. The second-order valence-electron chi connectivity index (χ2n) is 3.86. The van der Waals surface area contributed by atoms with Crippen LogP contribution in [0.1, 0.15) is 37.0 Å². The van der Waals surface area contributed by atoms with Crippen LogP contribution in [0.25, 0.3) is 0 Å². The van der Waals surface area contributed by atoms with Crippen LogP contribution >= 0.6 is 0 Å². The number of carbonyl (C=O) groups is 1. The summed E-state index contributed by atoms with van der Waals surface area (Å²) in [5.74, 6) is 0.0926. The summed E-state index contributed by atoms with van der Waals surface area (Å²) in [5, 5.41) is 3.19. The Bertz CT molecular complexity index is 378. The lowest BCUT2D eigenvalue weighted by atomic mass is 10.2. The van der Waals surface area contributed by atoms with Crippen molar-refractivity contribution in [1.82, 2.24) is 4.98 Å². The fraction of sp³-hybridized carbons (Fsp3) is 0.455. The van der Waals surface area contributed by atoms with Crippen LogP contribution in [0.15, 0.2) is 12.3 Å². The van der Waals surface area contributed by atoms with Crippen LogP contribution < -0.4 is 16.8 Å². The zero-order chi connectivity index (χ0) is 12.1. The van der Waals surface area contributed by atoms with E-state index in [1.807, 2.05) is 0 Å². The Hall–Kier alpha value is -1.78. The highest BCUT2D eigenvalue weighted by molar-refractivity contribution is 5.98. The molecular weight excluding hydrogens is 204 g/mol. The summed E-state index contributed by atoms with van der Waals surface area (Å²) in [6, 6.07) is 1.89. The van der Waals surface area contributed by atoms with E-state index in [-0.39, 0.29) is 0 Å². The molecule has 0 aliphatic heterocycles. The average molecular weight is 222 g/mol. The summed E-state index contributed by atoms with van der Waals surface area (Å²) in [6.45, 7) is 4.18. The van der Waals surface area contributed by atoms with Gasteiger partial charge in [0.1, 0.15) is 5.82 Å². The van der Waals surface area contributed by atoms with Crippen molar-refractivity contribution in [3.05, 3.63) is 17.8 Å². The molecule has 0 saturated heterocycles. The lowest BCUT2D eigenvalue weighted by Gasteiger charge is -2.14. The van der Waals surface area contributed by atoms with Crippen LogP contribution in [0.3, 0.4) is 0 Å². The van der Waals surface area contributed by atoms with Crippen LogP contribution in [0.2, 0.25) is 0 Å². The van der Waals surface area contributed by atoms with Crippen LogP contribution in [0.4, 0.5) is 11.5 Å². The molecule has 0 spiro atoms. The summed E-state index contributed by atoms with van der Waals surface area (Å²) in [5.41, 5.74) is 11.4. The maximum Gasteiger partial charge on any atom is 0.250 e. The van der Waals surface area contributed by atoms with Gasteiger partial charge >= 0.3 is 0 Å². The van der Waals surface area contributed by atoms with E-state index in [4.69, 9.17) is 11.5 Å². The molecule has 0 fully saturated rings. The lowest BCUT2D eigenvalue weighted by Crippen LogP contribution is -2.18. The van der Waals surface area contributed by atoms with E-state index in [0.29, 0.717) is 23.1 Å². The third-order valence-corrected chi connectivity index (χ3v) is 2.32. The SMILES string of the molecule is CCCC(C)Nc1cc(C(N)=O)c(N)cn1. The van der Waals surface area contributed by atoms with Gasteiger partial charge in [-0.3, -0.25) is 4.79 Å². The summed E-state index contributed by atoms with van der Waals surface area (Å²) in [7, 11) is 0. The topological polar surface area (TPSA) is 94.0 Å². The standard InChI is InChI=1S/C11H18N4O/c1-3-4-7(2)15-10-5-8(11(13)16)9(12)6-14-10/h5-7H,3-4,12H2,1-2H3,(H2,13,16)(H,14,15). The molecule has 0 aromatic carbocycles. The predicted molar refractivity (Wildman–Crippen MR) is 65.2 cm³/mol. The molecule has 1 heterocycles. The summed E-state index contributed by atoms with van der Waals surface area (Å²) >= 11 is 0. The van der Waals surface area contributed by atoms with E-state index in [1.165, 1.54) is 6.20 Å². The molecule has 1 aromatic rings. The molecule has 1 rings (SSSR count). The summed E-state index contributed by atoms with van der Waals surface area (Å²) < 4.78 is 0. The van der Waals surface area contributed by atoms with Gasteiger partial charge < -0.3 is 16.8 Å². The molecule has 5 N–H and O–H groups in total. The summed E-state index contributed by atoms with van der Waals surface area (Å²) in [4.78, 5) is 15.2. The van der Waals surface area contributed by atoms with Crippen molar-refractivity contribution >= 4 is 17.4 Å². The molecule has 0 aliphatic rings. The maximum absolute atomic E-state index is 11.1. The molecule has 0 saturated carbocycles. The van der Waals surface area contributed by atoms with Crippen molar-refractivity contribution in [3.8, 4) is 0 Å². The van der Waals surface area contributed by atoms with E-state index in [0.717, 1.165) is 12.8 Å². The Morgan fingerprint density at radius 2 is 2.31 bits per heavy atom. The van der Waals surface area contributed by atoms with E-state index in [2.05, 4.69) is 24.1 Å². The minimum Gasteiger partial charge on any atom is -0.397 e. The van der Waals surface area contributed by atoms with Gasteiger partial charge in [0.05, 0.1) is 17.4 Å². The quantitative estimate of drug-likeness (QED) is 0.701. The van der Waals surface area contributed by atoms with E-state index < -0.39 is 5.91 Å². The molecule has 16 heavy (non-hydrogen) atoms. The number of nitrogen functional groups attached to an aromatic ring is 1. The largest absolute Gasteiger partial charge is 0.397 e. The Morgan fingerprint density at radius 1 is 1.62 bits per heavy atom. The van der Waals surface area contributed by atoms with Crippen molar-refractivity contribution < 1.29 is 4.79 Å². The number of primary amides is 1. The Kier molecular flexibility index (Phi) is 4.10. The third kappa shape index (κ3) is 3.12. The number of hydrogen-bond acceptors (Lipinski definition) is 4. The third-order valence-electron chi connectivity index (χ3n) is 2.32. The smallest absolute Gasteiger partial charge is 0.250 e. The van der Waals surface area contributed by atoms with Gasteiger partial charge in [-0.2, -0.15) is 0 Å². The number of pyridine rings is 1. The predicted octanol–water partition coefficient (Wildman–Crippen LogP) is 1.36. The van der Waals surface area contributed by atoms with Gasteiger partial charge in [0.15, 0.2) is 0 Å². The molecule has 1 atom stereocenters. The molecule has 0 aliphatic carbocycles. The highest BCUT2D eigenvalue weighted by atomic mass is 16.1. The molecule has 5 nitrogen and oxygen atoms in total. The van der Waals surface area contributed by atoms with Crippen LogP contribution in [0, 0.1) is 0 Å². The number of anilines is 2. The van der Waals surface area contributed by atoms with E-state index >= 15 is 0 Å². The number of nitrogens with zero attached hydrogens (tertiary/aromatic N) is 1. The van der Waals surface area contributed by atoms with Crippen LogP contribution in [0.5, 0.6) is 0 Å². The molecule has 1 aromatic heterocycles. The zero-order valence-electron chi connectivity index (χ0n) is 9.66. The van der Waals surface area contributed by atoms with Gasteiger partial charge in [0.2, 0.25) is 0 Å². The molecule has 1 unspecified atom stereocenters. The number of nitrogens with one attached hydrogen (secondary N) is 1. The molecule has 0 bridgehead atoms. The minimum absolute atomic E-state index is 0.307. The van der Waals surface area contributed by atoms with Gasteiger partial charge in [0, 0.05) is 6.04 Å². The first-order chi connectivity index (χ1) is 7.54. The molecule has 0 radical (unpaired) electrons. The average Bonchev–Trinajstić information content (AvgIpc) is 2.21. The van der Waals surface area contributed by atoms with Crippen molar-refractivity contribution in [1.29, 1.82) is 0 Å². The van der Waals surface area contributed by atoms with Crippen LogP contribution in [-0.2, 0) is 0 Å². The highest BCUT2D eigenvalue weighted by Gasteiger charge is 2.09. The normalized spacial score (nSPS) is 12.1. The van der Waals surface area contributed by atoms with Gasteiger partial charge in [0.25, 0.3) is 5.91 Å². The number of rotatable bonds is 5. The number of carbonyl (C=O) groups excluding carboxylic acids is 1. The lowest BCUT2D eigenvalue weighted by molar-refractivity contribution is 0.100. The van der Waals surface area contributed by atoms with Crippen molar-refractivity contribution in [2.45, 2.75) is 32.7 Å². The fourth-order valence-electron chi connectivity index (χ4n) is 1.52. The molecule has 1 amide bonds. The first-order valence-corrected chi connectivity index (χ1v) is 5.36. The van der Waals surface area contributed by atoms with Gasteiger partial charge in [-0.25, -0.2) is 4.98 Å². The zero-order valence-corrected chi connectivity index (χ0v) is 9.66. The van der Waals surface area contributed by atoms with Crippen molar-refractivity contribution in [3.63, 3.8) is 0 Å². The first-order valence-electron chi connectivity index (χ1n) is 5.36. The minimum atomic E-state index is -0.536. The fourth-order valence-corrected chi connectivity index (χ4v) is 1.52. The number of amides is 1. The monoisotopic (exact) mass is 222 g/mol. The maximum atomic E-state index is 11.1. The second kappa shape index (κ2) is 5.34. The second-order valence-corrected chi connectivity index (χ2v) is 3.86. The summed E-state index contributed by atoms with van der Waals surface area (Å²) in [6.07, 6.45) is 3.57. The number of aromatic nitrogens is 1. The van der Waals surface area contributed by atoms with E-state index in [1.54, 1.807) is 6.07 Å². The van der Waals surface area contributed by atoms with Gasteiger partial charge in [-0.1, -0.05) is 13.3 Å². The highest BCUT2D eigenvalue weighted by Crippen LogP contribution is 2.15. The molecule has 5 heteroatoms. The Balaban J connectivity index is 2.82. The van der Waals surface area contributed by atoms with Crippen LogP contribution in [-0.4, -0.2) is 16.9 Å². The number of hydrogen-bond donors (Lipinski definition) is 3. The molecular formula is C11H18N4O. The van der Waals surface area contributed by atoms with Gasteiger partial charge in [-0.05, 0) is 19.4 Å². The first kappa shape index (κ1) is 12.3. The van der Waals surface area contributed by atoms with E-state index in [9.17, 15) is 4.79 Å². The Labute approximate surface area is 95.2 Å².